The van der Waals surface area contributed by atoms with Gasteiger partial charge in [0.25, 0.3) is 0 Å². The predicted molar refractivity (Wildman–Crippen MR) is 89.3 cm³/mol. The van der Waals surface area contributed by atoms with Crippen molar-refractivity contribution in [2.24, 2.45) is 0 Å². The normalized spacial score (nSPS) is 31.9. The van der Waals surface area contributed by atoms with E-state index in [1.807, 2.05) is 0 Å². The van der Waals surface area contributed by atoms with Gasteiger partial charge in [0.05, 0.1) is 6.61 Å². The number of ether oxygens (including phenoxy) is 3. The van der Waals surface area contributed by atoms with Gasteiger partial charge in [-0.05, 0) is 25.3 Å². The quantitative estimate of drug-likeness (QED) is 0.430. The molecule has 0 bridgehead atoms. The Hall–Kier alpha value is -1.37. The minimum absolute atomic E-state index is 0.00375. The van der Waals surface area contributed by atoms with Gasteiger partial charge in [0.1, 0.15) is 24.1 Å². The van der Waals surface area contributed by atoms with Crippen LogP contribution in [0.15, 0.2) is 17.1 Å². The molecule has 3 rings (SSSR count). The molecule has 3 heterocycles. The van der Waals surface area contributed by atoms with Gasteiger partial charge in [-0.2, -0.15) is 4.98 Å². The molecule has 2 saturated heterocycles. The van der Waals surface area contributed by atoms with Gasteiger partial charge >= 0.3 is 13.5 Å². The van der Waals surface area contributed by atoms with Crippen LogP contribution in [0.2, 0.25) is 0 Å². The van der Waals surface area contributed by atoms with Crippen LogP contribution in [-0.2, 0) is 23.3 Å². The molecule has 1 aromatic heterocycles. The number of hydrogen-bond acceptors (Lipinski definition) is 9. The van der Waals surface area contributed by atoms with Crippen molar-refractivity contribution in [3.63, 3.8) is 0 Å². The maximum Gasteiger partial charge on any atom is 0.470 e. The van der Waals surface area contributed by atoms with Gasteiger partial charge in [-0.25, -0.2) is 9.36 Å². The topological polar surface area (TPSA) is 176 Å². The minimum Gasteiger partial charge on any atom is -0.394 e. The summed E-state index contributed by atoms with van der Waals surface area (Å²) in [6.45, 7) is -0.135. The third kappa shape index (κ3) is 4.92. The molecule has 0 aliphatic carbocycles. The highest BCUT2D eigenvalue weighted by atomic mass is 31.2. The molecule has 152 valence electrons. The second-order valence-electron chi connectivity index (χ2n) is 6.25. The number of hydrogen-bond donors (Lipinski definition) is 4. The summed E-state index contributed by atoms with van der Waals surface area (Å²) in [5, 5.41) is 9.57. The first kappa shape index (κ1) is 20.4. The van der Waals surface area contributed by atoms with Crippen molar-refractivity contribution >= 4 is 13.6 Å². The fourth-order valence-electron chi connectivity index (χ4n) is 3.12. The Labute approximate surface area is 154 Å². The van der Waals surface area contributed by atoms with Crippen molar-refractivity contribution in [2.45, 2.75) is 50.1 Å². The second-order valence-corrected chi connectivity index (χ2v) is 7.44. The van der Waals surface area contributed by atoms with E-state index >= 15 is 0 Å². The Morgan fingerprint density at radius 3 is 2.74 bits per heavy atom. The number of nitrogens with two attached hydrogens (primary N) is 1. The summed E-state index contributed by atoms with van der Waals surface area (Å²) in [4.78, 5) is 34.3. The predicted octanol–water partition coefficient (Wildman–Crippen LogP) is -0.895. The summed E-state index contributed by atoms with van der Waals surface area (Å²) in [6.07, 6.45) is -1.82. The molecule has 0 spiro atoms. The summed E-state index contributed by atoms with van der Waals surface area (Å²) in [7, 11) is -4.93. The largest absolute Gasteiger partial charge is 0.470 e. The van der Waals surface area contributed by atoms with E-state index in [1.165, 1.54) is 12.3 Å². The molecule has 2 aliphatic heterocycles. The molecule has 12 nitrogen and oxygen atoms in total. The molecule has 1 unspecified atom stereocenters. The molecular formula is C14H22N3O9P. The zero-order chi connectivity index (χ0) is 19.6. The molecule has 0 aromatic carbocycles. The minimum atomic E-state index is -4.93. The van der Waals surface area contributed by atoms with Gasteiger partial charge in [0, 0.05) is 12.8 Å². The number of aromatic nitrogens is 2. The molecule has 5 atom stereocenters. The molecule has 0 amide bonds. The maximum absolute atomic E-state index is 12.2. The van der Waals surface area contributed by atoms with Crippen LogP contribution in [0.5, 0.6) is 0 Å². The van der Waals surface area contributed by atoms with Gasteiger partial charge < -0.3 is 34.8 Å². The fourth-order valence-corrected chi connectivity index (χ4v) is 3.70. The van der Waals surface area contributed by atoms with E-state index < -0.39 is 50.9 Å². The van der Waals surface area contributed by atoms with Crippen LogP contribution >= 0.6 is 7.82 Å². The molecule has 1 aromatic rings. The van der Waals surface area contributed by atoms with Crippen LogP contribution in [0, 0.1) is 0 Å². The second kappa shape index (κ2) is 8.33. The Morgan fingerprint density at radius 1 is 1.37 bits per heavy atom. The van der Waals surface area contributed by atoms with Crippen LogP contribution in [0.3, 0.4) is 0 Å². The SMILES string of the molecule is Nc1ccn([C@@H]2O[C@H](CO)[C@@H](OP(=O)(O)O)[C@H]2OC2CCCCO2)c(=O)n1. The lowest BCUT2D eigenvalue weighted by Gasteiger charge is -2.31. The Bertz CT molecular complexity index is 748. The Morgan fingerprint density at radius 2 is 2.15 bits per heavy atom. The lowest BCUT2D eigenvalue weighted by Crippen LogP contribution is -2.42. The average molecular weight is 407 g/mol. The van der Waals surface area contributed by atoms with E-state index in [2.05, 4.69) is 4.98 Å². The van der Waals surface area contributed by atoms with Gasteiger partial charge in [-0.15, -0.1) is 0 Å². The zero-order valence-corrected chi connectivity index (χ0v) is 15.2. The first-order valence-electron chi connectivity index (χ1n) is 8.40. The van der Waals surface area contributed by atoms with E-state index in [4.69, 9.17) is 24.5 Å². The average Bonchev–Trinajstić information content (AvgIpc) is 2.92. The highest BCUT2D eigenvalue weighted by molar-refractivity contribution is 7.46. The summed E-state index contributed by atoms with van der Waals surface area (Å²) in [5.41, 5.74) is 4.75. The third-order valence-corrected chi connectivity index (χ3v) is 4.82. The van der Waals surface area contributed by atoms with Gasteiger partial charge in [-0.1, -0.05) is 0 Å². The number of nitrogen functional groups attached to an aromatic ring is 1. The summed E-state index contributed by atoms with van der Waals surface area (Å²) < 4.78 is 34.2. The Kier molecular flexibility index (Phi) is 6.28. The van der Waals surface area contributed by atoms with Crippen LogP contribution in [0.1, 0.15) is 25.5 Å². The van der Waals surface area contributed by atoms with E-state index in [-0.39, 0.29) is 5.82 Å². The lowest BCUT2D eigenvalue weighted by molar-refractivity contribution is -0.214. The standard InChI is InChI=1S/C14H22N3O9P/c15-9-4-5-17(14(19)16-9)13-12(25-10-3-1-2-6-23-10)11(8(7-18)24-13)26-27(20,21)22/h4-5,8,10-13,18H,1-3,6-7H2,(H2,15,16,19)(H2,20,21,22)/t8-,10?,11-,12-,13-/m1/s1. The molecule has 2 fully saturated rings. The third-order valence-electron chi connectivity index (χ3n) is 4.30. The number of phosphoric acid groups is 1. The maximum atomic E-state index is 12.2. The van der Waals surface area contributed by atoms with E-state index in [0.29, 0.717) is 13.0 Å². The molecular weight excluding hydrogens is 385 g/mol. The van der Waals surface area contributed by atoms with Gasteiger partial charge in [-0.3, -0.25) is 9.09 Å². The first-order chi connectivity index (χ1) is 12.8. The molecule has 0 radical (unpaired) electrons. The summed E-state index contributed by atoms with van der Waals surface area (Å²) in [6, 6.07) is 1.37. The number of aliphatic hydroxyl groups is 1. The molecule has 2 aliphatic rings. The molecule has 0 saturated carbocycles. The van der Waals surface area contributed by atoms with E-state index in [9.17, 15) is 24.3 Å². The zero-order valence-electron chi connectivity index (χ0n) is 14.3. The van der Waals surface area contributed by atoms with Crippen LogP contribution < -0.4 is 11.4 Å². The van der Waals surface area contributed by atoms with Crippen molar-refractivity contribution < 1.29 is 38.2 Å². The number of nitrogens with zero attached hydrogens (tertiary/aromatic N) is 2. The number of phosphoric ester groups is 1. The van der Waals surface area contributed by atoms with Crippen molar-refractivity contribution in [1.82, 2.24) is 9.55 Å². The lowest BCUT2D eigenvalue weighted by atomic mass is 10.1. The highest BCUT2D eigenvalue weighted by Crippen LogP contribution is 2.45. The van der Waals surface area contributed by atoms with Crippen molar-refractivity contribution in [2.75, 3.05) is 18.9 Å². The summed E-state index contributed by atoms with van der Waals surface area (Å²) in [5.74, 6) is 0.00375. The number of anilines is 1. The molecule has 5 N–H and O–H groups in total. The molecule has 13 heteroatoms. The number of aliphatic hydroxyl groups excluding tert-OH is 1. The van der Waals surface area contributed by atoms with Gasteiger partial charge in [0.2, 0.25) is 0 Å². The van der Waals surface area contributed by atoms with E-state index in [0.717, 1.165) is 17.4 Å². The fraction of sp³-hybridized carbons (Fsp3) is 0.714. The van der Waals surface area contributed by atoms with E-state index in [1.54, 1.807) is 0 Å². The van der Waals surface area contributed by atoms with Crippen molar-refractivity contribution in [3.05, 3.63) is 22.7 Å². The van der Waals surface area contributed by atoms with Crippen LogP contribution in [0.4, 0.5) is 5.82 Å². The van der Waals surface area contributed by atoms with Gasteiger partial charge in [0.15, 0.2) is 12.5 Å². The Balaban J connectivity index is 1.93. The number of rotatable bonds is 6. The smallest absolute Gasteiger partial charge is 0.394 e. The summed E-state index contributed by atoms with van der Waals surface area (Å²) >= 11 is 0. The monoisotopic (exact) mass is 407 g/mol. The highest BCUT2D eigenvalue weighted by Gasteiger charge is 2.51. The van der Waals surface area contributed by atoms with Crippen LogP contribution in [-0.4, -0.2) is 62.3 Å². The van der Waals surface area contributed by atoms with Crippen molar-refractivity contribution in [1.29, 1.82) is 0 Å². The van der Waals surface area contributed by atoms with Crippen molar-refractivity contribution in [3.8, 4) is 0 Å². The first-order valence-corrected chi connectivity index (χ1v) is 9.93. The molecule has 27 heavy (non-hydrogen) atoms. The van der Waals surface area contributed by atoms with Crippen LogP contribution in [0.25, 0.3) is 0 Å².